The lowest BCUT2D eigenvalue weighted by Crippen LogP contribution is -2.60. The van der Waals surface area contributed by atoms with E-state index in [1.165, 1.54) is 6.08 Å². The first-order valence-corrected chi connectivity index (χ1v) is 9.53. The fourth-order valence-corrected chi connectivity index (χ4v) is 5.91. The molecule has 27 heavy (non-hydrogen) atoms. The van der Waals surface area contributed by atoms with Crippen molar-refractivity contribution in [3.8, 4) is 0 Å². The zero-order valence-electron chi connectivity index (χ0n) is 15.6. The Morgan fingerprint density at radius 1 is 1.19 bits per heavy atom. The minimum Gasteiger partial charge on any atom is -0.461 e. The summed E-state index contributed by atoms with van der Waals surface area (Å²) in [7, 11) is 0. The van der Waals surface area contributed by atoms with Crippen molar-refractivity contribution in [2.75, 3.05) is 6.61 Å². The highest BCUT2D eigenvalue weighted by atomic mass is 16.6. The van der Waals surface area contributed by atoms with Crippen LogP contribution in [0.2, 0.25) is 0 Å². The van der Waals surface area contributed by atoms with Gasteiger partial charge in [-0.05, 0) is 43.1 Å². The van der Waals surface area contributed by atoms with Crippen LogP contribution in [0.5, 0.6) is 0 Å². The summed E-state index contributed by atoms with van der Waals surface area (Å²) in [5.74, 6) is -1.30. The van der Waals surface area contributed by atoms with E-state index in [0.717, 1.165) is 0 Å². The molecule has 0 aromatic carbocycles. The maximum atomic E-state index is 12.3. The van der Waals surface area contributed by atoms with Gasteiger partial charge in [-0.25, -0.2) is 9.59 Å². The van der Waals surface area contributed by atoms with Crippen molar-refractivity contribution >= 4 is 11.9 Å². The number of ether oxygens (including phenoxy) is 2. The maximum absolute atomic E-state index is 12.3. The number of cyclic esters (lactones) is 2. The van der Waals surface area contributed by atoms with E-state index in [1.54, 1.807) is 6.08 Å². The summed E-state index contributed by atoms with van der Waals surface area (Å²) in [6, 6.07) is 0. The summed E-state index contributed by atoms with van der Waals surface area (Å²) in [5.41, 5.74) is -0.242. The van der Waals surface area contributed by atoms with Crippen molar-refractivity contribution in [1.82, 2.24) is 0 Å². The molecule has 1 spiro atoms. The Bertz CT molecular complexity index is 741. The van der Waals surface area contributed by atoms with Gasteiger partial charge in [0.25, 0.3) is 0 Å². The smallest absolute Gasteiger partial charge is 0.336 e. The van der Waals surface area contributed by atoms with E-state index < -0.39 is 35.3 Å². The van der Waals surface area contributed by atoms with E-state index >= 15 is 0 Å². The van der Waals surface area contributed by atoms with Gasteiger partial charge in [0.1, 0.15) is 6.61 Å². The SMILES string of the molecule is C[C@@H]1[C@@H](O)C[C@@]23COC(=O)C2=CC[C@H](O)[C@@H]3[C@@]1(C)CCC1=C[C@@H](O)OC1=O. The van der Waals surface area contributed by atoms with Crippen molar-refractivity contribution in [2.45, 2.75) is 58.0 Å². The van der Waals surface area contributed by atoms with Crippen LogP contribution in [0.15, 0.2) is 23.3 Å². The quantitative estimate of drug-likeness (QED) is 0.623. The third kappa shape index (κ3) is 2.59. The van der Waals surface area contributed by atoms with Crippen LogP contribution in [0, 0.1) is 22.7 Å². The number of hydrogen-bond donors (Lipinski definition) is 3. The molecule has 0 amide bonds. The standard InChI is InChI=1S/C20H26O7/c1-10-14(22)8-20-9-26-18(25)12(20)3-4-13(21)16(20)19(10,2)6-5-11-7-15(23)27-17(11)24/h3,7,10,13-16,21-23H,4-6,8-9H2,1-2H3/t10-,13+,14+,15+,16-,19+,20-/m1/s1. The number of carbonyl (C=O) groups is 2. The fraction of sp³-hybridized carbons (Fsp3) is 0.700. The van der Waals surface area contributed by atoms with Gasteiger partial charge in [-0.3, -0.25) is 0 Å². The van der Waals surface area contributed by atoms with E-state index in [4.69, 9.17) is 9.47 Å². The zero-order chi connectivity index (χ0) is 19.6. The van der Waals surface area contributed by atoms with Crippen molar-refractivity contribution in [1.29, 1.82) is 0 Å². The molecule has 0 unspecified atom stereocenters. The molecular formula is C20H26O7. The van der Waals surface area contributed by atoms with Crippen LogP contribution in [-0.4, -0.2) is 52.4 Å². The second-order valence-electron chi connectivity index (χ2n) is 8.68. The van der Waals surface area contributed by atoms with Crippen molar-refractivity contribution in [3.63, 3.8) is 0 Å². The summed E-state index contributed by atoms with van der Waals surface area (Å²) >= 11 is 0. The topological polar surface area (TPSA) is 113 Å². The Morgan fingerprint density at radius 3 is 2.59 bits per heavy atom. The van der Waals surface area contributed by atoms with Gasteiger partial charge < -0.3 is 24.8 Å². The molecule has 7 heteroatoms. The van der Waals surface area contributed by atoms with Crippen LogP contribution >= 0.6 is 0 Å². The largest absolute Gasteiger partial charge is 0.461 e. The van der Waals surface area contributed by atoms with E-state index in [9.17, 15) is 24.9 Å². The molecule has 1 saturated heterocycles. The molecule has 4 aliphatic rings. The van der Waals surface area contributed by atoms with Crippen LogP contribution in [-0.2, 0) is 19.1 Å². The molecule has 4 rings (SSSR count). The number of esters is 2. The normalized spacial score (nSPS) is 46.2. The lowest BCUT2D eigenvalue weighted by Gasteiger charge is -2.59. The summed E-state index contributed by atoms with van der Waals surface area (Å²) in [6.07, 6.45) is 2.29. The van der Waals surface area contributed by atoms with Crippen LogP contribution in [0.3, 0.4) is 0 Å². The molecule has 0 aromatic rings. The third-order valence-corrected chi connectivity index (χ3v) is 7.43. The number of rotatable bonds is 3. The van der Waals surface area contributed by atoms with Gasteiger partial charge in [0.2, 0.25) is 6.29 Å². The summed E-state index contributed by atoms with van der Waals surface area (Å²) < 4.78 is 10.1. The Morgan fingerprint density at radius 2 is 1.93 bits per heavy atom. The van der Waals surface area contributed by atoms with E-state index in [1.807, 2.05) is 13.8 Å². The van der Waals surface area contributed by atoms with Crippen LogP contribution < -0.4 is 0 Å². The molecule has 1 saturated carbocycles. The average Bonchev–Trinajstić information content (AvgIpc) is 3.09. The highest BCUT2D eigenvalue weighted by Crippen LogP contribution is 2.64. The molecule has 0 aromatic heterocycles. The average molecular weight is 378 g/mol. The summed E-state index contributed by atoms with van der Waals surface area (Å²) in [6.45, 7) is 4.14. The zero-order valence-corrected chi connectivity index (χ0v) is 15.6. The first kappa shape index (κ1) is 18.7. The first-order chi connectivity index (χ1) is 12.7. The monoisotopic (exact) mass is 378 g/mol. The molecule has 2 aliphatic carbocycles. The molecule has 2 fully saturated rings. The lowest BCUT2D eigenvalue weighted by atomic mass is 9.45. The Balaban J connectivity index is 1.70. The van der Waals surface area contributed by atoms with Crippen molar-refractivity contribution < 1.29 is 34.4 Å². The second kappa shape index (κ2) is 6.15. The predicted octanol–water partition coefficient (Wildman–Crippen LogP) is 0.826. The van der Waals surface area contributed by atoms with Crippen LogP contribution in [0.25, 0.3) is 0 Å². The molecule has 7 nitrogen and oxygen atoms in total. The third-order valence-electron chi connectivity index (χ3n) is 7.43. The molecule has 3 N–H and O–H groups in total. The second-order valence-corrected chi connectivity index (χ2v) is 8.68. The molecule has 0 bridgehead atoms. The molecule has 148 valence electrons. The van der Waals surface area contributed by atoms with Gasteiger partial charge in [0.15, 0.2) is 0 Å². The number of hydrogen-bond acceptors (Lipinski definition) is 7. The number of aliphatic hydroxyl groups excluding tert-OH is 3. The first-order valence-electron chi connectivity index (χ1n) is 9.53. The van der Waals surface area contributed by atoms with Crippen LogP contribution in [0.1, 0.15) is 39.5 Å². The van der Waals surface area contributed by atoms with Gasteiger partial charge in [0.05, 0.1) is 12.2 Å². The van der Waals surface area contributed by atoms with Gasteiger partial charge in [-0.15, -0.1) is 0 Å². The minimum atomic E-state index is -1.21. The summed E-state index contributed by atoms with van der Waals surface area (Å²) in [5, 5.41) is 31.2. The fourth-order valence-electron chi connectivity index (χ4n) is 5.91. The minimum absolute atomic E-state index is 0.138. The molecular weight excluding hydrogens is 352 g/mol. The van der Waals surface area contributed by atoms with Crippen LogP contribution in [0.4, 0.5) is 0 Å². The Hall–Kier alpha value is -1.70. The number of carbonyl (C=O) groups excluding carboxylic acids is 2. The van der Waals surface area contributed by atoms with Gasteiger partial charge in [-0.2, -0.15) is 0 Å². The molecule has 2 heterocycles. The highest BCUT2D eigenvalue weighted by molar-refractivity contribution is 5.93. The molecule has 0 radical (unpaired) electrons. The van der Waals surface area contributed by atoms with Crippen molar-refractivity contribution in [2.24, 2.45) is 22.7 Å². The number of aliphatic hydroxyl groups is 3. The van der Waals surface area contributed by atoms with Gasteiger partial charge in [-0.1, -0.05) is 19.9 Å². The Labute approximate surface area is 157 Å². The van der Waals surface area contributed by atoms with Gasteiger partial charge >= 0.3 is 11.9 Å². The maximum Gasteiger partial charge on any atom is 0.336 e. The lowest BCUT2D eigenvalue weighted by molar-refractivity contribution is -0.162. The predicted molar refractivity (Wildman–Crippen MR) is 92.9 cm³/mol. The van der Waals surface area contributed by atoms with Gasteiger partial charge in [0, 0.05) is 22.5 Å². The van der Waals surface area contributed by atoms with Crippen molar-refractivity contribution in [3.05, 3.63) is 23.3 Å². The van der Waals surface area contributed by atoms with E-state index in [-0.39, 0.29) is 24.4 Å². The highest BCUT2D eigenvalue weighted by Gasteiger charge is 2.65. The van der Waals surface area contributed by atoms with E-state index in [2.05, 4.69) is 0 Å². The Kier molecular flexibility index (Phi) is 4.25. The van der Waals surface area contributed by atoms with E-state index in [0.29, 0.717) is 36.8 Å². The molecule has 2 aliphatic heterocycles. The molecule has 7 atom stereocenters. The summed E-state index contributed by atoms with van der Waals surface area (Å²) in [4.78, 5) is 24.1.